The highest BCUT2D eigenvalue weighted by Crippen LogP contribution is 2.35. The summed E-state index contributed by atoms with van der Waals surface area (Å²) < 4.78 is 0. The number of para-hydroxylation sites is 1. The quantitative estimate of drug-likeness (QED) is 0.871. The molecule has 0 saturated heterocycles. The topological polar surface area (TPSA) is 63.3 Å². The molecule has 1 amide bonds. The number of primary amides is 1. The number of carbonyl (C=O) groups is 1. The van der Waals surface area contributed by atoms with Crippen LogP contribution in [0.1, 0.15) is 22.8 Å². The first-order valence-electron chi connectivity index (χ1n) is 5.28. The van der Waals surface area contributed by atoms with Crippen LogP contribution in [0.25, 0.3) is 0 Å². The van der Waals surface area contributed by atoms with E-state index in [1.165, 1.54) is 0 Å². The molecule has 0 bridgehead atoms. The fraction of sp³-hybridized carbons (Fsp3) is 0.154. The molecule has 1 heterocycles. The highest BCUT2D eigenvalue weighted by Gasteiger charge is 2.20. The summed E-state index contributed by atoms with van der Waals surface area (Å²) in [5.74, 6) is -0.326. The van der Waals surface area contributed by atoms with Crippen LogP contribution in [0.3, 0.4) is 0 Å². The highest BCUT2D eigenvalue weighted by molar-refractivity contribution is 7.10. The molecule has 0 spiro atoms. The van der Waals surface area contributed by atoms with Gasteiger partial charge >= 0.3 is 0 Å². The van der Waals surface area contributed by atoms with Crippen LogP contribution in [0.5, 0.6) is 5.75 Å². The van der Waals surface area contributed by atoms with Crippen LogP contribution < -0.4 is 5.73 Å². The normalized spacial score (nSPS) is 12.2. The minimum atomic E-state index is -0.369. The van der Waals surface area contributed by atoms with Crippen molar-refractivity contribution < 1.29 is 9.90 Å². The van der Waals surface area contributed by atoms with E-state index in [1.54, 1.807) is 23.5 Å². The zero-order valence-electron chi connectivity index (χ0n) is 9.17. The number of thiophene rings is 1. The number of carbonyl (C=O) groups excluding carboxylic acids is 1. The van der Waals surface area contributed by atoms with Crippen LogP contribution in [-0.2, 0) is 4.79 Å². The zero-order valence-corrected chi connectivity index (χ0v) is 9.98. The second-order valence-corrected chi connectivity index (χ2v) is 4.78. The third kappa shape index (κ3) is 2.65. The maximum Gasteiger partial charge on any atom is 0.218 e. The summed E-state index contributed by atoms with van der Waals surface area (Å²) in [6.45, 7) is 0. The summed E-state index contributed by atoms with van der Waals surface area (Å²) >= 11 is 1.56. The number of phenols is 1. The van der Waals surface area contributed by atoms with E-state index in [0.717, 1.165) is 10.4 Å². The van der Waals surface area contributed by atoms with Crippen LogP contribution >= 0.6 is 11.3 Å². The first-order valence-corrected chi connectivity index (χ1v) is 6.16. The highest BCUT2D eigenvalue weighted by atomic mass is 32.1. The predicted molar refractivity (Wildman–Crippen MR) is 68.1 cm³/mol. The summed E-state index contributed by atoms with van der Waals surface area (Å²) in [6.07, 6.45) is 0.206. The fourth-order valence-electron chi connectivity index (χ4n) is 1.84. The Bertz CT molecular complexity index is 508. The van der Waals surface area contributed by atoms with Crippen LogP contribution in [0.2, 0.25) is 0 Å². The molecule has 1 atom stereocenters. The molecular weight excluding hydrogens is 234 g/mol. The van der Waals surface area contributed by atoms with Crippen molar-refractivity contribution in [2.75, 3.05) is 0 Å². The molecule has 17 heavy (non-hydrogen) atoms. The lowest BCUT2D eigenvalue weighted by atomic mass is 9.93. The molecule has 1 aromatic heterocycles. The number of benzene rings is 1. The van der Waals surface area contributed by atoms with E-state index in [9.17, 15) is 9.90 Å². The fourth-order valence-corrected chi connectivity index (χ4v) is 2.68. The van der Waals surface area contributed by atoms with E-state index in [2.05, 4.69) is 0 Å². The van der Waals surface area contributed by atoms with E-state index >= 15 is 0 Å². The molecule has 0 fully saturated rings. The van der Waals surface area contributed by atoms with E-state index < -0.39 is 0 Å². The number of phenolic OH excluding ortho intramolecular Hbond substituents is 1. The molecule has 3 N–H and O–H groups in total. The van der Waals surface area contributed by atoms with Gasteiger partial charge in [-0.3, -0.25) is 4.79 Å². The van der Waals surface area contributed by atoms with Gasteiger partial charge in [-0.1, -0.05) is 24.3 Å². The maximum atomic E-state index is 11.1. The summed E-state index contributed by atoms with van der Waals surface area (Å²) in [7, 11) is 0. The van der Waals surface area contributed by atoms with Gasteiger partial charge in [-0.2, -0.15) is 0 Å². The van der Waals surface area contributed by atoms with E-state index in [0.29, 0.717) is 0 Å². The zero-order chi connectivity index (χ0) is 12.3. The standard InChI is InChI=1S/C13H13NO2S/c14-13(16)8-10(12-6-3-7-17-12)9-4-1-2-5-11(9)15/h1-7,10,15H,8H2,(H2,14,16). The Kier molecular flexibility index (Phi) is 3.44. The van der Waals surface area contributed by atoms with Crippen molar-refractivity contribution in [3.8, 4) is 5.75 Å². The Morgan fingerprint density at radius 3 is 2.65 bits per heavy atom. The first kappa shape index (κ1) is 11.7. The number of hydrogen-bond acceptors (Lipinski definition) is 3. The van der Waals surface area contributed by atoms with Crippen molar-refractivity contribution in [2.45, 2.75) is 12.3 Å². The first-order chi connectivity index (χ1) is 8.18. The van der Waals surface area contributed by atoms with Gasteiger partial charge in [-0.05, 0) is 17.5 Å². The minimum Gasteiger partial charge on any atom is -0.508 e. The van der Waals surface area contributed by atoms with Crippen molar-refractivity contribution in [1.29, 1.82) is 0 Å². The molecule has 2 aromatic rings. The number of rotatable bonds is 4. The second-order valence-electron chi connectivity index (χ2n) is 3.80. The SMILES string of the molecule is NC(=O)CC(c1cccs1)c1ccccc1O. The molecule has 3 nitrogen and oxygen atoms in total. The summed E-state index contributed by atoms with van der Waals surface area (Å²) in [4.78, 5) is 12.2. The molecule has 1 unspecified atom stereocenters. The van der Waals surface area contributed by atoms with E-state index in [-0.39, 0.29) is 24.0 Å². The Morgan fingerprint density at radius 1 is 1.29 bits per heavy atom. The molecule has 1 aromatic carbocycles. The number of hydrogen-bond donors (Lipinski definition) is 2. The molecule has 0 aliphatic heterocycles. The van der Waals surface area contributed by atoms with Gasteiger partial charge in [0.05, 0.1) is 0 Å². The smallest absolute Gasteiger partial charge is 0.218 e. The lowest BCUT2D eigenvalue weighted by molar-refractivity contribution is -0.118. The molecule has 0 aliphatic carbocycles. The van der Waals surface area contributed by atoms with Gasteiger partial charge in [-0.15, -0.1) is 11.3 Å². The molecule has 0 saturated carbocycles. The second kappa shape index (κ2) is 5.01. The molecule has 2 rings (SSSR count). The van der Waals surface area contributed by atoms with Gasteiger partial charge < -0.3 is 10.8 Å². The summed E-state index contributed by atoms with van der Waals surface area (Å²) in [5.41, 5.74) is 6.02. The largest absolute Gasteiger partial charge is 0.508 e. The molecule has 0 aliphatic rings. The molecule has 88 valence electrons. The van der Waals surface area contributed by atoms with Crippen LogP contribution in [0, 0.1) is 0 Å². The third-order valence-corrected chi connectivity index (χ3v) is 3.59. The van der Waals surface area contributed by atoms with Gasteiger partial charge in [0.15, 0.2) is 0 Å². The Hall–Kier alpha value is -1.81. The van der Waals surface area contributed by atoms with Gasteiger partial charge in [0, 0.05) is 22.8 Å². The number of aromatic hydroxyl groups is 1. The van der Waals surface area contributed by atoms with E-state index in [4.69, 9.17) is 5.73 Å². The monoisotopic (exact) mass is 247 g/mol. The number of amides is 1. The lowest BCUT2D eigenvalue weighted by Crippen LogP contribution is -2.15. The van der Waals surface area contributed by atoms with Gasteiger partial charge in [0.2, 0.25) is 5.91 Å². The van der Waals surface area contributed by atoms with Crippen LogP contribution in [0.4, 0.5) is 0 Å². The van der Waals surface area contributed by atoms with Gasteiger partial charge in [0.25, 0.3) is 0 Å². The van der Waals surface area contributed by atoms with Crippen molar-refractivity contribution in [1.82, 2.24) is 0 Å². The molecular formula is C13H13NO2S. The maximum absolute atomic E-state index is 11.1. The molecule has 0 radical (unpaired) electrons. The van der Waals surface area contributed by atoms with E-state index in [1.807, 2.05) is 29.6 Å². The predicted octanol–water partition coefficient (Wildman–Crippen LogP) is 2.46. The van der Waals surface area contributed by atoms with Crippen molar-refractivity contribution in [3.63, 3.8) is 0 Å². The van der Waals surface area contributed by atoms with Crippen molar-refractivity contribution >= 4 is 17.2 Å². The Labute approximate surface area is 104 Å². The Morgan fingerprint density at radius 2 is 2.06 bits per heavy atom. The Balaban J connectivity index is 2.41. The molecule has 4 heteroatoms. The lowest BCUT2D eigenvalue weighted by Gasteiger charge is -2.15. The van der Waals surface area contributed by atoms with Crippen LogP contribution in [0.15, 0.2) is 41.8 Å². The minimum absolute atomic E-state index is 0.159. The third-order valence-electron chi connectivity index (χ3n) is 2.60. The van der Waals surface area contributed by atoms with Crippen molar-refractivity contribution in [2.24, 2.45) is 5.73 Å². The average molecular weight is 247 g/mol. The average Bonchev–Trinajstić information content (AvgIpc) is 2.80. The van der Waals surface area contributed by atoms with Crippen molar-refractivity contribution in [3.05, 3.63) is 52.2 Å². The summed E-state index contributed by atoms with van der Waals surface area (Å²) in [5, 5.41) is 11.8. The summed E-state index contributed by atoms with van der Waals surface area (Å²) in [6, 6.07) is 10.9. The van der Waals surface area contributed by atoms with Crippen LogP contribution in [-0.4, -0.2) is 11.0 Å². The number of nitrogens with two attached hydrogens (primary N) is 1. The van der Waals surface area contributed by atoms with Gasteiger partial charge in [0.1, 0.15) is 5.75 Å². The van der Waals surface area contributed by atoms with Gasteiger partial charge in [-0.25, -0.2) is 0 Å².